The molecule has 0 N–H and O–H groups in total. The van der Waals surface area contributed by atoms with Crippen LogP contribution in [0.2, 0.25) is 0 Å². The number of carboxylic acids is 1. The number of nitrogens with zero attached hydrogens (tertiary/aromatic N) is 1. The van der Waals surface area contributed by atoms with Gasteiger partial charge in [-0.1, -0.05) is 0 Å². The van der Waals surface area contributed by atoms with E-state index in [0.717, 1.165) is 43.8 Å². The summed E-state index contributed by atoms with van der Waals surface area (Å²) < 4.78 is 37.5. The minimum Gasteiger partial charge on any atom is -0.550 e. The number of halogens is 3. The number of benzene rings is 1. The predicted molar refractivity (Wildman–Crippen MR) is 70.6 cm³/mol. The smallest absolute Gasteiger partial charge is 0.550 e. The van der Waals surface area contributed by atoms with Crippen LogP contribution < -0.4 is 28.9 Å². The summed E-state index contributed by atoms with van der Waals surface area (Å²) in [7, 11) is 0. The molecule has 0 bridgehead atoms. The Morgan fingerprint density at radius 1 is 1.18 bits per heavy atom. The Kier molecular flexibility index (Phi) is 6.83. The largest absolute Gasteiger partial charge is 1.00 e. The molecular weight excluding hydrogens is 290 g/mol. The number of hydrogen-bond acceptors (Lipinski definition) is 3. The van der Waals surface area contributed by atoms with Crippen LogP contribution in [0.1, 0.15) is 31.2 Å². The second kappa shape index (κ2) is 7.94. The number of piperidine rings is 1. The number of carbonyl (C=O) groups excluding carboxylic acids is 1. The summed E-state index contributed by atoms with van der Waals surface area (Å²) in [6, 6.07) is 5.17. The minimum absolute atomic E-state index is 0. The van der Waals surface area contributed by atoms with E-state index in [1.54, 1.807) is 0 Å². The van der Waals surface area contributed by atoms with Crippen LogP contribution in [0, 0.1) is 5.92 Å². The van der Waals surface area contributed by atoms with Crippen molar-refractivity contribution < 1.29 is 41.9 Å². The molecule has 22 heavy (non-hydrogen) atoms. The Hall–Kier alpha value is -1.12. The molecule has 0 radical (unpaired) electrons. The first-order valence-electron chi connectivity index (χ1n) is 6.98. The molecule has 0 unspecified atom stereocenters. The first-order chi connectivity index (χ1) is 9.86. The van der Waals surface area contributed by atoms with Gasteiger partial charge in [0.05, 0.1) is 5.56 Å². The van der Waals surface area contributed by atoms with E-state index in [1.807, 2.05) is 4.90 Å². The van der Waals surface area contributed by atoms with Gasteiger partial charge in [0.15, 0.2) is 0 Å². The van der Waals surface area contributed by atoms with E-state index in [-0.39, 0.29) is 25.3 Å². The Morgan fingerprint density at radius 2 is 1.73 bits per heavy atom. The summed E-state index contributed by atoms with van der Waals surface area (Å²) in [5.74, 6) is -0.672. The first-order valence-corrected chi connectivity index (χ1v) is 6.98. The summed E-state index contributed by atoms with van der Waals surface area (Å²) in [5, 5.41) is 10.4. The number of aliphatic carboxylic acids is 1. The minimum atomic E-state index is -4.31. The fourth-order valence-corrected chi connectivity index (χ4v) is 2.66. The van der Waals surface area contributed by atoms with Crippen molar-refractivity contribution in [2.24, 2.45) is 5.92 Å². The molecule has 1 saturated heterocycles. The van der Waals surface area contributed by atoms with Gasteiger partial charge in [-0.25, -0.2) is 0 Å². The third-order valence-electron chi connectivity index (χ3n) is 3.93. The van der Waals surface area contributed by atoms with Crippen LogP contribution in [0.25, 0.3) is 0 Å². The van der Waals surface area contributed by atoms with Crippen molar-refractivity contribution in [3.8, 4) is 0 Å². The van der Waals surface area contributed by atoms with Crippen LogP contribution in [0.15, 0.2) is 24.3 Å². The van der Waals surface area contributed by atoms with Gasteiger partial charge in [-0.15, -0.1) is 0 Å². The normalized spacial score (nSPS) is 16.2. The molecule has 7 heteroatoms. The molecule has 1 aliphatic heterocycles. The quantitative estimate of drug-likeness (QED) is 0.702. The zero-order valence-corrected chi connectivity index (χ0v) is 12.5. The van der Waals surface area contributed by atoms with E-state index in [1.165, 1.54) is 12.1 Å². The predicted octanol–water partition coefficient (Wildman–Crippen LogP) is -0.544. The maximum absolute atomic E-state index is 12.5. The number of rotatable bonds is 4. The summed E-state index contributed by atoms with van der Waals surface area (Å²) in [4.78, 5) is 12.5. The fourth-order valence-electron chi connectivity index (χ4n) is 2.66. The molecular formula is C15H17F3LiNO2. The van der Waals surface area contributed by atoms with E-state index in [2.05, 4.69) is 0 Å². The third kappa shape index (κ3) is 5.26. The molecule has 0 aromatic heterocycles. The SMILES string of the molecule is O=C([O-])CCC1CCN(c2ccc(C(F)(F)F)cc2)CC1.[Li+]. The second-order valence-corrected chi connectivity index (χ2v) is 5.39. The number of anilines is 1. The van der Waals surface area contributed by atoms with Crippen LogP contribution in [-0.4, -0.2) is 19.1 Å². The van der Waals surface area contributed by atoms with Crippen LogP contribution in [0.3, 0.4) is 0 Å². The number of carboxylic acid groups (broad SMARTS) is 1. The molecule has 0 atom stereocenters. The molecule has 1 heterocycles. The van der Waals surface area contributed by atoms with E-state index in [9.17, 15) is 23.1 Å². The zero-order valence-electron chi connectivity index (χ0n) is 12.5. The monoisotopic (exact) mass is 307 g/mol. The van der Waals surface area contributed by atoms with Crippen LogP contribution in [0.4, 0.5) is 18.9 Å². The van der Waals surface area contributed by atoms with Crippen LogP contribution >= 0.6 is 0 Å². The van der Waals surface area contributed by atoms with Crippen molar-refractivity contribution in [3.05, 3.63) is 29.8 Å². The average Bonchev–Trinajstić information content (AvgIpc) is 2.45. The maximum atomic E-state index is 12.5. The van der Waals surface area contributed by atoms with Gasteiger partial charge in [0.1, 0.15) is 0 Å². The summed E-state index contributed by atoms with van der Waals surface area (Å²) in [5.41, 5.74) is 0.136. The molecule has 0 saturated carbocycles. The van der Waals surface area contributed by atoms with Crippen LogP contribution in [0.5, 0.6) is 0 Å². The van der Waals surface area contributed by atoms with Crippen molar-refractivity contribution in [1.29, 1.82) is 0 Å². The second-order valence-electron chi connectivity index (χ2n) is 5.39. The molecule has 1 aliphatic rings. The van der Waals surface area contributed by atoms with Gasteiger partial charge in [0, 0.05) is 24.7 Å². The Balaban J connectivity index is 0.00000242. The van der Waals surface area contributed by atoms with Gasteiger partial charge < -0.3 is 14.8 Å². The van der Waals surface area contributed by atoms with Gasteiger partial charge in [-0.2, -0.15) is 13.2 Å². The van der Waals surface area contributed by atoms with Crippen molar-refractivity contribution in [3.63, 3.8) is 0 Å². The Bertz CT molecular complexity index is 483. The van der Waals surface area contributed by atoms with Gasteiger partial charge >= 0.3 is 25.0 Å². The topological polar surface area (TPSA) is 43.4 Å². The molecule has 1 aromatic rings. The number of hydrogen-bond donors (Lipinski definition) is 0. The molecule has 1 aromatic carbocycles. The zero-order chi connectivity index (χ0) is 15.5. The standard InChI is InChI=1S/C15H18F3NO2.Li/c16-15(17,18)12-2-4-13(5-3-12)19-9-7-11(8-10-19)1-6-14(20)21;/h2-5,11H,1,6-10H2,(H,20,21);/q;+1/p-1. The number of alkyl halides is 3. The molecule has 3 nitrogen and oxygen atoms in total. The molecule has 0 amide bonds. The number of carbonyl (C=O) groups is 1. The Labute approximate surface area is 139 Å². The van der Waals surface area contributed by atoms with Crippen LogP contribution in [-0.2, 0) is 11.0 Å². The van der Waals surface area contributed by atoms with Gasteiger partial charge in [-0.05, 0) is 55.9 Å². The van der Waals surface area contributed by atoms with Crippen molar-refractivity contribution in [2.75, 3.05) is 18.0 Å². The van der Waals surface area contributed by atoms with Gasteiger partial charge in [-0.3, -0.25) is 0 Å². The average molecular weight is 307 g/mol. The van der Waals surface area contributed by atoms with E-state index < -0.39 is 17.7 Å². The summed E-state index contributed by atoms with van der Waals surface area (Å²) in [6.45, 7) is 1.48. The maximum Gasteiger partial charge on any atom is 1.00 e. The van der Waals surface area contributed by atoms with Crippen molar-refractivity contribution in [1.82, 2.24) is 0 Å². The molecule has 116 valence electrons. The molecule has 1 fully saturated rings. The molecule has 0 spiro atoms. The van der Waals surface area contributed by atoms with Gasteiger partial charge in [0.2, 0.25) is 0 Å². The summed E-state index contributed by atoms with van der Waals surface area (Å²) in [6.07, 6.45) is -1.91. The first kappa shape index (κ1) is 18.9. The van der Waals surface area contributed by atoms with E-state index >= 15 is 0 Å². The molecule has 2 rings (SSSR count). The van der Waals surface area contributed by atoms with Crippen molar-refractivity contribution >= 4 is 11.7 Å². The van der Waals surface area contributed by atoms with Crippen molar-refractivity contribution in [2.45, 2.75) is 31.9 Å². The fraction of sp³-hybridized carbons (Fsp3) is 0.533. The van der Waals surface area contributed by atoms with E-state index in [4.69, 9.17) is 0 Å². The van der Waals surface area contributed by atoms with E-state index in [0.29, 0.717) is 12.3 Å². The Morgan fingerprint density at radius 3 is 2.18 bits per heavy atom. The third-order valence-corrected chi connectivity index (χ3v) is 3.93. The summed E-state index contributed by atoms with van der Waals surface area (Å²) >= 11 is 0. The molecule has 0 aliphatic carbocycles. The van der Waals surface area contributed by atoms with Gasteiger partial charge in [0.25, 0.3) is 0 Å².